The van der Waals surface area contributed by atoms with Crippen LogP contribution in [0.4, 0.5) is 22.0 Å². The lowest BCUT2D eigenvalue weighted by atomic mass is 10.2. The Balaban J connectivity index is 4.50. The first-order valence-electron chi connectivity index (χ1n) is 2.57. The Morgan fingerprint density at radius 3 is 1.82 bits per heavy atom. The number of alkyl halides is 4. The molecule has 0 bridgehead atoms. The smallest absolute Gasteiger partial charge is 0.251 e. The van der Waals surface area contributed by atoms with Crippen LogP contribution in [0.3, 0.4) is 0 Å². The van der Waals surface area contributed by atoms with Crippen LogP contribution in [0.5, 0.6) is 0 Å². The number of rotatable bonds is 2. The summed E-state index contributed by atoms with van der Waals surface area (Å²) in [5.41, 5.74) is -1.65. The first-order valence-corrected chi connectivity index (χ1v) is 2.94. The van der Waals surface area contributed by atoms with Crippen LogP contribution in [0.1, 0.15) is 6.42 Å². The lowest BCUT2D eigenvalue weighted by molar-refractivity contribution is -0.0957. The molecule has 0 nitrogen and oxygen atoms in total. The standard InChI is InChI=1S/C5H4ClF5/c6-4(8)3(1-2-7)5(9,10)11/h1-2H2. The van der Waals surface area contributed by atoms with Crippen molar-refractivity contribution >= 4 is 11.6 Å². The van der Waals surface area contributed by atoms with Crippen LogP contribution in [0.2, 0.25) is 0 Å². The van der Waals surface area contributed by atoms with Gasteiger partial charge in [-0.25, -0.2) is 0 Å². The summed E-state index contributed by atoms with van der Waals surface area (Å²) >= 11 is 4.43. The van der Waals surface area contributed by atoms with Crippen molar-refractivity contribution < 1.29 is 22.0 Å². The zero-order valence-corrected chi connectivity index (χ0v) is 5.94. The third-order valence-corrected chi connectivity index (χ3v) is 1.14. The lowest BCUT2D eigenvalue weighted by Crippen LogP contribution is -2.13. The minimum absolute atomic E-state index is 1.04. The summed E-state index contributed by atoms with van der Waals surface area (Å²) < 4.78 is 58.0. The summed E-state index contributed by atoms with van der Waals surface area (Å²) in [6.07, 6.45) is -5.92. The van der Waals surface area contributed by atoms with Crippen molar-refractivity contribution in [3.8, 4) is 0 Å². The van der Waals surface area contributed by atoms with Crippen molar-refractivity contribution in [1.29, 1.82) is 0 Å². The molecule has 0 aromatic carbocycles. The van der Waals surface area contributed by atoms with Crippen LogP contribution in [0.15, 0.2) is 10.9 Å². The van der Waals surface area contributed by atoms with Gasteiger partial charge in [0.1, 0.15) is 0 Å². The molecule has 66 valence electrons. The molecule has 0 aromatic rings. The van der Waals surface area contributed by atoms with Gasteiger partial charge in [-0.3, -0.25) is 4.39 Å². The van der Waals surface area contributed by atoms with Crippen molar-refractivity contribution in [1.82, 2.24) is 0 Å². The van der Waals surface area contributed by atoms with E-state index in [0.29, 0.717) is 0 Å². The highest BCUT2D eigenvalue weighted by molar-refractivity contribution is 6.28. The number of halogens is 6. The van der Waals surface area contributed by atoms with Gasteiger partial charge in [-0.2, -0.15) is 17.6 Å². The lowest BCUT2D eigenvalue weighted by Gasteiger charge is -2.08. The van der Waals surface area contributed by atoms with E-state index in [1.165, 1.54) is 0 Å². The fraction of sp³-hybridized carbons (Fsp3) is 0.600. The van der Waals surface area contributed by atoms with E-state index in [0.717, 1.165) is 0 Å². The summed E-state index contributed by atoms with van der Waals surface area (Å²) in [5, 5.41) is -1.89. The molecule has 11 heavy (non-hydrogen) atoms. The van der Waals surface area contributed by atoms with E-state index in [2.05, 4.69) is 11.6 Å². The molecule has 0 amide bonds. The molecule has 0 heterocycles. The molecule has 0 saturated heterocycles. The minimum Gasteiger partial charge on any atom is -0.251 e. The van der Waals surface area contributed by atoms with Gasteiger partial charge in [0.05, 0.1) is 12.2 Å². The Kier molecular flexibility index (Phi) is 3.78. The minimum atomic E-state index is -4.88. The van der Waals surface area contributed by atoms with Gasteiger partial charge in [0, 0.05) is 6.42 Å². The van der Waals surface area contributed by atoms with Crippen LogP contribution in [0, 0.1) is 0 Å². The number of hydrogen-bond donors (Lipinski definition) is 0. The van der Waals surface area contributed by atoms with Gasteiger partial charge in [0.15, 0.2) is 5.29 Å². The Hall–Kier alpha value is -0.320. The maximum atomic E-state index is 11.8. The second kappa shape index (κ2) is 3.90. The topological polar surface area (TPSA) is 0 Å². The number of allylic oxidation sites excluding steroid dienone is 1. The van der Waals surface area contributed by atoms with Crippen molar-refractivity contribution in [3.05, 3.63) is 10.9 Å². The van der Waals surface area contributed by atoms with Gasteiger partial charge in [-0.05, 0) is 0 Å². The van der Waals surface area contributed by atoms with E-state index >= 15 is 0 Å². The van der Waals surface area contributed by atoms with E-state index in [-0.39, 0.29) is 0 Å². The third kappa shape index (κ3) is 3.55. The first kappa shape index (κ1) is 10.7. The Bertz CT molecular complexity index is 155. The van der Waals surface area contributed by atoms with Gasteiger partial charge in [0.25, 0.3) is 0 Å². The van der Waals surface area contributed by atoms with E-state index < -0.39 is 30.1 Å². The normalized spacial score (nSPS) is 14.7. The highest BCUT2D eigenvalue weighted by Gasteiger charge is 2.36. The molecule has 0 rings (SSSR count). The van der Waals surface area contributed by atoms with Crippen molar-refractivity contribution in [2.24, 2.45) is 0 Å². The molecule has 0 aliphatic rings. The predicted molar refractivity (Wildman–Crippen MR) is 30.6 cm³/mol. The quantitative estimate of drug-likeness (QED) is 0.592. The van der Waals surface area contributed by atoms with Crippen LogP contribution in [0.25, 0.3) is 0 Å². The van der Waals surface area contributed by atoms with E-state index in [1.807, 2.05) is 0 Å². The van der Waals surface area contributed by atoms with Gasteiger partial charge in [0.2, 0.25) is 0 Å². The molecule has 0 atom stereocenters. The zero-order valence-electron chi connectivity index (χ0n) is 5.18. The first-order chi connectivity index (χ1) is 4.89. The SMILES string of the molecule is FCCC(=C(F)Cl)C(F)(F)F. The summed E-state index contributed by atoms with van der Waals surface area (Å²) in [7, 11) is 0. The molecule has 0 spiro atoms. The monoisotopic (exact) mass is 194 g/mol. The Labute approximate surface area is 64.6 Å². The van der Waals surface area contributed by atoms with Crippen LogP contribution < -0.4 is 0 Å². The molecular weight excluding hydrogens is 190 g/mol. The molecule has 0 unspecified atom stereocenters. The zero-order chi connectivity index (χ0) is 9.07. The van der Waals surface area contributed by atoms with Gasteiger partial charge in [-0.1, -0.05) is 11.6 Å². The molecular formula is C5H4ClF5. The molecule has 6 heteroatoms. The van der Waals surface area contributed by atoms with Gasteiger partial charge >= 0.3 is 6.18 Å². The highest BCUT2D eigenvalue weighted by Crippen LogP contribution is 2.32. The third-order valence-electron chi connectivity index (χ3n) is 0.915. The number of hydrogen-bond acceptors (Lipinski definition) is 0. The molecule has 0 N–H and O–H groups in total. The maximum Gasteiger partial charge on any atom is 0.416 e. The van der Waals surface area contributed by atoms with Crippen LogP contribution in [-0.4, -0.2) is 12.9 Å². The summed E-state index contributed by atoms with van der Waals surface area (Å²) in [5.74, 6) is 0. The molecule has 0 aromatic heterocycles. The Morgan fingerprint density at radius 1 is 1.27 bits per heavy atom. The molecule has 0 aliphatic heterocycles. The van der Waals surface area contributed by atoms with Crippen molar-refractivity contribution in [2.45, 2.75) is 12.6 Å². The average Bonchev–Trinajstić information content (AvgIpc) is 1.79. The fourth-order valence-corrected chi connectivity index (χ4v) is 0.639. The van der Waals surface area contributed by atoms with E-state index in [4.69, 9.17) is 0 Å². The summed E-state index contributed by atoms with van der Waals surface area (Å²) in [4.78, 5) is 0. The highest BCUT2D eigenvalue weighted by atomic mass is 35.5. The van der Waals surface area contributed by atoms with E-state index in [1.54, 1.807) is 0 Å². The van der Waals surface area contributed by atoms with Gasteiger partial charge in [-0.15, -0.1) is 0 Å². The van der Waals surface area contributed by atoms with Crippen LogP contribution >= 0.6 is 11.6 Å². The molecule has 0 saturated carbocycles. The maximum absolute atomic E-state index is 11.8. The summed E-state index contributed by atoms with van der Waals surface area (Å²) in [6.45, 7) is -1.28. The fourth-order valence-electron chi connectivity index (χ4n) is 0.438. The van der Waals surface area contributed by atoms with Gasteiger partial charge < -0.3 is 0 Å². The van der Waals surface area contributed by atoms with Crippen molar-refractivity contribution in [2.75, 3.05) is 6.67 Å². The predicted octanol–water partition coefficient (Wildman–Crippen LogP) is 3.33. The molecule has 0 fully saturated rings. The largest absolute Gasteiger partial charge is 0.416 e. The molecule has 0 aliphatic carbocycles. The second-order valence-corrected chi connectivity index (χ2v) is 2.01. The Morgan fingerprint density at radius 2 is 1.73 bits per heavy atom. The van der Waals surface area contributed by atoms with E-state index in [9.17, 15) is 22.0 Å². The van der Waals surface area contributed by atoms with Crippen molar-refractivity contribution in [3.63, 3.8) is 0 Å². The average molecular weight is 195 g/mol. The summed E-state index contributed by atoms with van der Waals surface area (Å²) in [6, 6.07) is 0. The molecule has 0 radical (unpaired) electrons. The second-order valence-electron chi connectivity index (χ2n) is 1.68. The van der Waals surface area contributed by atoms with Crippen LogP contribution in [-0.2, 0) is 0 Å².